The molecule has 6 heteroatoms. The summed E-state index contributed by atoms with van der Waals surface area (Å²) in [5.74, 6) is 1.12. The predicted octanol–water partition coefficient (Wildman–Crippen LogP) is 4.76. The summed E-state index contributed by atoms with van der Waals surface area (Å²) in [7, 11) is 0. The summed E-state index contributed by atoms with van der Waals surface area (Å²) in [5, 5.41) is 9.02. The summed E-state index contributed by atoms with van der Waals surface area (Å²) in [6.45, 7) is 10.6. The monoisotopic (exact) mass is 467 g/mol. The molecule has 0 amide bonds. The number of aryl methyl sites for hydroxylation is 2. The Morgan fingerprint density at radius 2 is 1.69 bits per heavy atom. The van der Waals surface area contributed by atoms with E-state index in [1.807, 2.05) is 36.8 Å². The van der Waals surface area contributed by atoms with Crippen molar-refractivity contribution in [1.82, 2.24) is 19.4 Å². The van der Waals surface area contributed by atoms with Crippen LogP contribution in [-0.2, 0) is 24.4 Å². The van der Waals surface area contributed by atoms with Crippen molar-refractivity contribution in [3.8, 4) is 6.07 Å². The van der Waals surface area contributed by atoms with Crippen LogP contribution in [0.3, 0.4) is 0 Å². The fourth-order valence-electron chi connectivity index (χ4n) is 4.75. The van der Waals surface area contributed by atoms with Crippen molar-refractivity contribution in [3.63, 3.8) is 0 Å². The van der Waals surface area contributed by atoms with Gasteiger partial charge in [0.05, 0.1) is 23.7 Å². The molecule has 0 unspecified atom stereocenters. The van der Waals surface area contributed by atoms with Crippen LogP contribution in [0.25, 0.3) is 0 Å². The smallest absolute Gasteiger partial charge is 0.188 e. The molecule has 5 rings (SSSR count). The number of hydrogen-bond donors (Lipinski definition) is 0. The standard InChI is InChI=1S/C29H33N5O/c1-22-4-3-5-23(2)28(22)20-35-29(26-10-11-26)33-14-12-32(13-15-33)19-27-17-31-21-34(27)18-25-8-6-24(16-30)7-9-25/h3-9,17,21H,10-15,18-20H2,1-2H3. The topological polar surface area (TPSA) is 57.3 Å². The molecule has 1 aromatic heterocycles. The molecule has 1 aliphatic carbocycles. The van der Waals surface area contributed by atoms with Crippen molar-refractivity contribution in [1.29, 1.82) is 5.26 Å². The third-order valence-electron chi connectivity index (χ3n) is 7.08. The summed E-state index contributed by atoms with van der Waals surface area (Å²) < 4.78 is 8.66. The minimum Gasteiger partial charge on any atom is -0.474 e. The summed E-state index contributed by atoms with van der Waals surface area (Å²) in [4.78, 5) is 9.35. The maximum Gasteiger partial charge on any atom is 0.188 e. The van der Waals surface area contributed by atoms with E-state index in [0.29, 0.717) is 12.2 Å². The molecule has 0 atom stereocenters. The van der Waals surface area contributed by atoms with E-state index in [2.05, 4.69) is 57.5 Å². The number of nitriles is 1. The number of ether oxygens (including phenoxy) is 1. The number of nitrogens with zero attached hydrogens (tertiary/aromatic N) is 5. The maximum absolute atomic E-state index is 9.02. The van der Waals surface area contributed by atoms with E-state index in [1.165, 1.54) is 33.5 Å². The van der Waals surface area contributed by atoms with Gasteiger partial charge in [-0.1, -0.05) is 30.3 Å². The van der Waals surface area contributed by atoms with Crippen LogP contribution < -0.4 is 0 Å². The molecule has 2 heterocycles. The number of allylic oxidation sites excluding steroid dienone is 1. The number of rotatable bonds is 8. The fourth-order valence-corrected chi connectivity index (χ4v) is 4.75. The molecule has 2 aliphatic rings. The van der Waals surface area contributed by atoms with E-state index >= 15 is 0 Å². The van der Waals surface area contributed by atoms with E-state index in [9.17, 15) is 0 Å². The second-order valence-electron chi connectivity index (χ2n) is 9.65. The van der Waals surface area contributed by atoms with Crippen LogP contribution in [0.5, 0.6) is 0 Å². The molecule has 1 saturated heterocycles. The van der Waals surface area contributed by atoms with Gasteiger partial charge in [-0.3, -0.25) is 4.90 Å². The Balaban J connectivity index is 1.17. The second kappa shape index (κ2) is 10.4. The highest BCUT2D eigenvalue weighted by molar-refractivity contribution is 5.33. The van der Waals surface area contributed by atoms with E-state index in [4.69, 9.17) is 10.00 Å². The first-order valence-corrected chi connectivity index (χ1v) is 12.5. The number of piperazine rings is 1. The molecule has 2 fully saturated rings. The normalized spacial score (nSPS) is 15.7. The number of benzene rings is 2. The SMILES string of the molecule is Cc1cccc(C)c1COC(=C1CC1)N1CCN(Cc2cncn2Cc2ccc(C#N)cc2)CC1. The van der Waals surface area contributed by atoms with Gasteiger partial charge in [0.2, 0.25) is 0 Å². The number of hydrogen-bond acceptors (Lipinski definition) is 5. The van der Waals surface area contributed by atoms with Crippen LogP contribution in [0.4, 0.5) is 0 Å². The Kier molecular flexibility index (Phi) is 6.87. The molecule has 180 valence electrons. The molecule has 0 N–H and O–H groups in total. The maximum atomic E-state index is 9.02. The first-order chi connectivity index (χ1) is 17.1. The van der Waals surface area contributed by atoms with Crippen LogP contribution in [0.15, 0.2) is 66.4 Å². The average Bonchev–Trinajstić information content (AvgIpc) is 3.62. The quantitative estimate of drug-likeness (QED) is 0.447. The molecular formula is C29H33N5O. The predicted molar refractivity (Wildman–Crippen MR) is 136 cm³/mol. The third-order valence-corrected chi connectivity index (χ3v) is 7.08. The van der Waals surface area contributed by atoms with Crippen molar-refractivity contribution >= 4 is 0 Å². The summed E-state index contributed by atoms with van der Waals surface area (Å²) >= 11 is 0. The number of aromatic nitrogens is 2. The van der Waals surface area contributed by atoms with Gasteiger partial charge >= 0.3 is 0 Å². The molecule has 3 aromatic rings. The molecule has 0 radical (unpaired) electrons. The Morgan fingerprint density at radius 1 is 0.971 bits per heavy atom. The van der Waals surface area contributed by atoms with Crippen molar-refractivity contribution in [2.24, 2.45) is 0 Å². The minimum atomic E-state index is 0.645. The summed E-state index contributed by atoms with van der Waals surface area (Å²) in [6.07, 6.45) is 6.20. The average molecular weight is 468 g/mol. The fraction of sp³-hybridized carbons (Fsp3) is 0.379. The minimum absolute atomic E-state index is 0.645. The molecule has 6 nitrogen and oxygen atoms in total. The van der Waals surface area contributed by atoms with E-state index in [-0.39, 0.29) is 0 Å². The summed E-state index contributed by atoms with van der Waals surface area (Å²) in [6, 6.07) is 16.4. The molecule has 0 spiro atoms. The van der Waals surface area contributed by atoms with Crippen LogP contribution in [-0.4, -0.2) is 45.5 Å². The first-order valence-electron chi connectivity index (χ1n) is 12.5. The highest BCUT2D eigenvalue weighted by atomic mass is 16.5. The van der Waals surface area contributed by atoms with Gasteiger partial charge in [-0.05, 0) is 66.6 Å². The van der Waals surface area contributed by atoms with Crippen molar-refractivity contribution < 1.29 is 4.74 Å². The first kappa shape index (κ1) is 23.2. The lowest BCUT2D eigenvalue weighted by Crippen LogP contribution is -2.46. The zero-order valence-electron chi connectivity index (χ0n) is 20.7. The Hall–Kier alpha value is -3.56. The van der Waals surface area contributed by atoms with Gasteiger partial charge in [0, 0.05) is 45.5 Å². The lowest BCUT2D eigenvalue weighted by Gasteiger charge is -2.37. The third kappa shape index (κ3) is 5.58. The largest absolute Gasteiger partial charge is 0.474 e. The second-order valence-corrected chi connectivity index (χ2v) is 9.65. The van der Waals surface area contributed by atoms with Crippen molar-refractivity contribution in [3.05, 3.63) is 100.0 Å². The molecule has 0 bridgehead atoms. The van der Waals surface area contributed by atoms with Gasteiger partial charge in [0.25, 0.3) is 0 Å². The lowest BCUT2D eigenvalue weighted by molar-refractivity contribution is 0.0596. The highest BCUT2D eigenvalue weighted by Gasteiger charge is 2.27. The van der Waals surface area contributed by atoms with Gasteiger partial charge in [-0.2, -0.15) is 5.26 Å². The molecular weight excluding hydrogens is 434 g/mol. The van der Waals surface area contributed by atoms with Crippen molar-refractivity contribution in [2.45, 2.75) is 46.4 Å². The Bertz CT molecular complexity index is 1220. The molecule has 1 aliphatic heterocycles. The van der Waals surface area contributed by atoms with Crippen LogP contribution in [0, 0.1) is 25.2 Å². The van der Waals surface area contributed by atoms with Crippen LogP contribution in [0.2, 0.25) is 0 Å². The molecule has 1 saturated carbocycles. The van der Waals surface area contributed by atoms with Gasteiger partial charge in [0.1, 0.15) is 6.61 Å². The van der Waals surface area contributed by atoms with Gasteiger partial charge < -0.3 is 14.2 Å². The zero-order valence-corrected chi connectivity index (χ0v) is 20.7. The zero-order chi connectivity index (χ0) is 24.2. The van der Waals surface area contributed by atoms with Crippen LogP contribution >= 0.6 is 0 Å². The Morgan fingerprint density at radius 3 is 2.34 bits per heavy atom. The van der Waals surface area contributed by atoms with E-state index in [0.717, 1.165) is 58.0 Å². The number of imidazole rings is 1. The molecule has 35 heavy (non-hydrogen) atoms. The van der Waals surface area contributed by atoms with Crippen molar-refractivity contribution in [2.75, 3.05) is 26.2 Å². The van der Waals surface area contributed by atoms with Crippen LogP contribution in [0.1, 0.15) is 46.4 Å². The van der Waals surface area contributed by atoms with E-state index in [1.54, 1.807) is 0 Å². The van der Waals surface area contributed by atoms with Gasteiger partial charge in [-0.25, -0.2) is 4.98 Å². The van der Waals surface area contributed by atoms with E-state index < -0.39 is 0 Å². The van der Waals surface area contributed by atoms with Gasteiger partial charge in [0.15, 0.2) is 5.88 Å². The van der Waals surface area contributed by atoms with Gasteiger partial charge in [-0.15, -0.1) is 0 Å². The molecule has 2 aromatic carbocycles. The lowest BCUT2D eigenvalue weighted by atomic mass is 10.0. The summed E-state index contributed by atoms with van der Waals surface area (Å²) in [5.41, 5.74) is 8.45. The Labute approximate surface area is 208 Å². The highest BCUT2D eigenvalue weighted by Crippen LogP contribution is 2.35.